The van der Waals surface area contributed by atoms with Crippen molar-refractivity contribution in [2.24, 2.45) is 5.73 Å². The number of ether oxygens (including phenoxy) is 1. The Balaban J connectivity index is 1.41. The highest BCUT2D eigenvalue weighted by Crippen LogP contribution is 2.33. The summed E-state index contributed by atoms with van der Waals surface area (Å²) in [6.45, 7) is 8.82. The van der Waals surface area contributed by atoms with Gasteiger partial charge >= 0.3 is 0 Å². The van der Waals surface area contributed by atoms with Gasteiger partial charge in [0.2, 0.25) is 21.8 Å². The molecule has 11 nitrogen and oxygen atoms in total. The number of sulfonamides is 1. The number of nitrogens with one attached hydrogen (secondary N) is 1. The molecule has 1 aliphatic rings. The number of nitrogens with zero attached hydrogens (tertiary/aromatic N) is 4. The van der Waals surface area contributed by atoms with Crippen molar-refractivity contribution in [1.82, 2.24) is 24.4 Å². The van der Waals surface area contributed by atoms with Crippen LogP contribution in [0.25, 0.3) is 10.9 Å². The smallest absolute Gasteiger partial charge is 0.243 e. The fraction of sp³-hybridized carbons (Fsp3) is 0.485. The van der Waals surface area contributed by atoms with Crippen molar-refractivity contribution in [3.8, 4) is 5.75 Å². The van der Waals surface area contributed by atoms with Gasteiger partial charge in [-0.25, -0.2) is 8.42 Å². The summed E-state index contributed by atoms with van der Waals surface area (Å²) in [7, 11) is -0.345. The van der Waals surface area contributed by atoms with E-state index in [2.05, 4.69) is 9.71 Å². The molecule has 1 atom stereocenters. The fourth-order valence-corrected chi connectivity index (χ4v) is 7.91. The minimum atomic E-state index is -4.28. The molecule has 2 aromatic carbocycles. The van der Waals surface area contributed by atoms with Crippen molar-refractivity contribution >= 4 is 55.9 Å². The van der Waals surface area contributed by atoms with Crippen LogP contribution >= 0.6 is 23.2 Å². The maximum atomic E-state index is 13.6. The molecule has 0 unspecified atom stereocenters. The molecule has 0 aliphatic carbocycles. The molecule has 256 valence electrons. The van der Waals surface area contributed by atoms with Crippen LogP contribution in [0.5, 0.6) is 5.75 Å². The van der Waals surface area contributed by atoms with E-state index in [0.717, 1.165) is 35.1 Å². The molecule has 3 aromatic rings. The normalized spacial score (nSPS) is 14.9. The van der Waals surface area contributed by atoms with Crippen LogP contribution in [0.4, 0.5) is 0 Å². The van der Waals surface area contributed by atoms with Crippen LogP contribution in [-0.2, 0) is 26.2 Å². The molecule has 1 fully saturated rings. The molecule has 0 bridgehead atoms. The first-order valence-corrected chi connectivity index (χ1v) is 17.7. The van der Waals surface area contributed by atoms with Crippen LogP contribution in [-0.4, -0.2) is 98.3 Å². The first-order chi connectivity index (χ1) is 22.0. The van der Waals surface area contributed by atoms with Crippen LogP contribution in [0.2, 0.25) is 10.0 Å². The lowest BCUT2D eigenvalue weighted by molar-refractivity contribution is -0.143. The van der Waals surface area contributed by atoms with E-state index in [1.807, 2.05) is 51.0 Å². The van der Waals surface area contributed by atoms with Gasteiger partial charge in [-0.2, -0.15) is 4.72 Å². The highest BCUT2D eigenvalue weighted by molar-refractivity contribution is 7.89. The number of rotatable bonds is 12. The summed E-state index contributed by atoms with van der Waals surface area (Å²) >= 11 is 13.1. The van der Waals surface area contributed by atoms with E-state index >= 15 is 0 Å². The maximum Gasteiger partial charge on any atom is 0.243 e. The van der Waals surface area contributed by atoms with Gasteiger partial charge in [0.15, 0.2) is 0 Å². The van der Waals surface area contributed by atoms with Gasteiger partial charge in [-0.3, -0.25) is 14.6 Å². The number of piperazine rings is 1. The number of benzene rings is 2. The lowest BCUT2D eigenvalue weighted by Gasteiger charge is -2.39. The van der Waals surface area contributed by atoms with Gasteiger partial charge < -0.3 is 25.2 Å². The van der Waals surface area contributed by atoms with E-state index in [4.69, 9.17) is 33.7 Å². The highest BCUT2D eigenvalue weighted by Gasteiger charge is 2.39. The zero-order chi connectivity index (χ0) is 34.7. The van der Waals surface area contributed by atoms with Crippen LogP contribution < -0.4 is 15.2 Å². The third-order valence-electron chi connectivity index (χ3n) is 8.18. The fourth-order valence-electron chi connectivity index (χ4n) is 5.65. The molecule has 1 aliphatic heterocycles. The second-order valence-electron chi connectivity index (χ2n) is 12.8. The Bertz CT molecular complexity index is 1740. The van der Waals surface area contributed by atoms with E-state index in [1.54, 1.807) is 15.9 Å². The number of hydrogen-bond acceptors (Lipinski definition) is 8. The van der Waals surface area contributed by atoms with Crippen LogP contribution in [0.3, 0.4) is 0 Å². The lowest BCUT2D eigenvalue weighted by atomic mass is 10.0. The van der Waals surface area contributed by atoms with E-state index < -0.39 is 27.5 Å². The second kappa shape index (κ2) is 15.0. The molecule has 2 amide bonds. The summed E-state index contributed by atoms with van der Waals surface area (Å²) in [6.07, 6.45) is 1.38. The Morgan fingerprint density at radius 1 is 1.06 bits per heavy atom. The van der Waals surface area contributed by atoms with Gasteiger partial charge in [0.05, 0.1) is 16.6 Å². The third-order valence-corrected chi connectivity index (χ3v) is 10.8. The topological polar surface area (TPSA) is 138 Å². The van der Waals surface area contributed by atoms with Crippen molar-refractivity contribution in [3.63, 3.8) is 0 Å². The predicted octanol–water partition coefficient (Wildman–Crippen LogP) is 4.13. The average Bonchev–Trinajstić information content (AvgIpc) is 2.99. The number of aryl methyl sites for hydroxylation is 2. The summed E-state index contributed by atoms with van der Waals surface area (Å²) in [5.74, 6) is -0.0196. The van der Waals surface area contributed by atoms with Crippen molar-refractivity contribution in [1.29, 1.82) is 0 Å². The summed E-state index contributed by atoms with van der Waals surface area (Å²) < 4.78 is 35.8. The van der Waals surface area contributed by atoms with Crippen molar-refractivity contribution in [2.45, 2.75) is 63.6 Å². The van der Waals surface area contributed by atoms with Crippen molar-refractivity contribution in [3.05, 3.63) is 63.3 Å². The minimum Gasteiger partial charge on any atom is -0.489 e. The number of carbonyl (C=O) groups is 2. The quantitative estimate of drug-likeness (QED) is 0.287. The molecule has 3 N–H and O–H groups in total. The molecule has 2 heterocycles. The molecule has 4 rings (SSSR count). The molecule has 1 aromatic heterocycles. The van der Waals surface area contributed by atoms with Crippen LogP contribution in [0, 0.1) is 13.8 Å². The zero-order valence-electron chi connectivity index (χ0n) is 27.8. The minimum absolute atomic E-state index is 0.0878. The summed E-state index contributed by atoms with van der Waals surface area (Å²) in [5.41, 5.74) is 7.73. The van der Waals surface area contributed by atoms with Crippen molar-refractivity contribution < 1.29 is 22.7 Å². The molecule has 0 spiro atoms. The molecular formula is C33H44Cl2N6O5S. The first kappa shape index (κ1) is 36.8. The van der Waals surface area contributed by atoms with Gasteiger partial charge in [-0.1, -0.05) is 23.2 Å². The zero-order valence-corrected chi connectivity index (χ0v) is 30.1. The molecule has 14 heteroatoms. The Hall–Kier alpha value is -3.00. The molecule has 47 heavy (non-hydrogen) atoms. The van der Waals surface area contributed by atoms with Gasteiger partial charge in [0.25, 0.3) is 0 Å². The summed E-state index contributed by atoms with van der Waals surface area (Å²) in [5, 5.41) is 1.07. The number of aromatic nitrogens is 1. The standard InChI is InChI=1S/C33H44Cl2N6O5S/c1-21-18-22(2)37-28-11-9-23(19-24(21)28)46-20-25-26(34)10-12-29(30(25)35)47(44,45)38-33(3,4)32(43)41-16-14-40(15-17-41)31(42)27(36)8-7-13-39(5)6/h9-12,18-19,27,38H,7-8,13-17,20,36H2,1-6H3/t27-/m0/s1. The molecular weight excluding hydrogens is 663 g/mol. The van der Waals surface area contributed by atoms with Crippen LogP contribution in [0.15, 0.2) is 41.3 Å². The predicted molar refractivity (Wildman–Crippen MR) is 185 cm³/mol. The number of amides is 2. The molecule has 1 saturated heterocycles. The number of fused-ring (bicyclic) bond motifs is 1. The molecule has 0 radical (unpaired) electrons. The van der Waals surface area contributed by atoms with Crippen LogP contribution in [0.1, 0.15) is 43.5 Å². The Morgan fingerprint density at radius 2 is 1.72 bits per heavy atom. The number of halogens is 2. The molecule has 0 saturated carbocycles. The third kappa shape index (κ3) is 8.92. The highest BCUT2D eigenvalue weighted by atomic mass is 35.5. The van der Waals surface area contributed by atoms with Gasteiger partial charge in [-0.15, -0.1) is 0 Å². The SMILES string of the molecule is Cc1cc(C)c2cc(OCc3c(Cl)ccc(S(=O)(=O)NC(C)(C)C(=O)N4CCN(C(=O)[C@@H](N)CCCN(C)C)CC4)c3Cl)ccc2n1. The summed E-state index contributed by atoms with van der Waals surface area (Å²) in [6, 6.07) is 9.63. The van der Waals surface area contributed by atoms with Gasteiger partial charge in [0.1, 0.15) is 22.8 Å². The number of hydrogen-bond donors (Lipinski definition) is 2. The van der Waals surface area contributed by atoms with E-state index in [9.17, 15) is 18.0 Å². The second-order valence-corrected chi connectivity index (χ2v) is 15.2. The van der Waals surface area contributed by atoms with Crippen molar-refractivity contribution in [2.75, 3.05) is 46.8 Å². The van der Waals surface area contributed by atoms with Gasteiger partial charge in [0, 0.05) is 47.8 Å². The van der Waals surface area contributed by atoms with E-state index in [1.165, 1.54) is 26.0 Å². The number of carbonyl (C=O) groups excluding carboxylic acids is 2. The Morgan fingerprint density at radius 3 is 2.38 bits per heavy atom. The largest absolute Gasteiger partial charge is 0.489 e. The maximum absolute atomic E-state index is 13.6. The number of nitrogens with two attached hydrogens (primary N) is 1. The number of pyridine rings is 1. The van der Waals surface area contributed by atoms with E-state index in [0.29, 0.717) is 30.8 Å². The average molecular weight is 708 g/mol. The monoisotopic (exact) mass is 706 g/mol. The Labute approximate surface area is 287 Å². The van der Waals surface area contributed by atoms with Gasteiger partial charge in [-0.05, 0) is 103 Å². The summed E-state index contributed by atoms with van der Waals surface area (Å²) in [4.78, 5) is 35.9. The first-order valence-electron chi connectivity index (χ1n) is 15.5. The van der Waals surface area contributed by atoms with E-state index in [-0.39, 0.29) is 40.5 Å². The Kier molecular flexibility index (Phi) is 11.8. The lowest BCUT2D eigenvalue weighted by Crippen LogP contribution is -2.61.